The van der Waals surface area contributed by atoms with Crippen LogP contribution in [0.4, 0.5) is 5.69 Å². The number of aromatic nitrogens is 3. The van der Waals surface area contributed by atoms with Crippen LogP contribution in [0, 0.1) is 0 Å². The molecule has 0 unspecified atom stereocenters. The second-order valence-electron chi connectivity index (χ2n) is 6.79. The Kier molecular flexibility index (Phi) is 6.54. The van der Waals surface area contributed by atoms with Gasteiger partial charge in [0.05, 0.1) is 6.54 Å². The van der Waals surface area contributed by atoms with E-state index in [4.69, 9.17) is 9.47 Å². The number of carbonyl (C=O) groups excluding carboxylic acids is 1. The number of rotatable bonds is 9. The molecule has 7 heteroatoms. The minimum Gasteiger partial charge on any atom is -0.492 e. The van der Waals surface area contributed by atoms with E-state index in [-0.39, 0.29) is 5.91 Å². The van der Waals surface area contributed by atoms with Gasteiger partial charge in [0, 0.05) is 17.3 Å². The first kappa shape index (κ1) is 20.2. The molecule has 31 heavy (non-hydrogen) atoms. The van der Waals surface area contributed by atoms with Crippen molar-refractivity contribution in [3.8, 4) is 11.5 Å². The lowest BCUT2D eigenvalue weighted by molar-refractivity contribution is 0.102. The lowest BCUT2D eigenvalue weighted by Crippen LogP contribution is -2.12. The van der Waals surface area contributed by atoms with Crippen molar-refractivity contribution in [3.05, 3.63) is 103 Å². The van der Waals surface area contributed by atoms with Crippen molar-refractivity contribution in [3.63, 3.8) is 0 Å². The first-order valence-corrected chi connectivity index (χ1v) is 9.90. The molecule has 0 saturated heterocycles. The first-order valence-electron chi connectivity index (χ1n) is 9.90. The molecule has 0 atom stereocenters. The summed E-state index contributed by atoms with van der Waals surface area (Å²) < 4.78 is 13.2. The summed E-state index contributed by atoms with van der Waals surface area (Å²) in [7, 11) is 0. The van der Waals surface area contributed by atoms with Crippen LogP contribution < -0.4 is 14.8 Å². The van der Waals surface area contributed by atoms with Gasteiger partial charge in [-0.25, -0.2) is 9.67 Å². The molecule has 156 valence electrons. The number of benzene rings is 3. The maximum Gasteiger partial charge on any atom is 0.255 e. The van der Waals surface area contributed by atoms with Crippen molar-refractivity contribution in [1.29, 1.82) is 0 Å². The average molecular weight is 414 g/mol. The topological polar surface area (TPSA) is 78.3 Å². The van der Waals surface area contributed by atoms with Crippen LogP contribution in [-0.2, 0) is 13.2 Å². The Balaban J connectivity index is 1.29. The minimum absolute atomic E-state index is 0.185. The van der Waals surface area contributed by atoms with Gasteiger partial charge >= 0.3 is 0 Å². The number of carbonyl (C=O) groups is 1. The Morgan fingerprint density at radius 3 is 2.48 bits per heavy atom. The van der Waals surface area contributed by atoms with E-state index in [1.165, 1.54) is 6.33 Å². The molecule has 0 aliphatic carbocycles. The van der Waals surface area contributed by atoms with E-state index in [0.29, 0.717) is 36.8 Å². The van der Waals surface area contributed by atoms with Crippen molar-refractivity contribution in [1.82, 2.24) is 14.8 Å². The fraction of sp³-hybridized carbons (Fsp3) is 0.125. The normalized spacial score (nSPS) is 10.5. The van der Waals surface area contributed by atoms with Gasteiger partial charge < -0.3 is 14.8 Å². The summed E-state index contributed by atoms with van der Waals surface area (Å²) in [6.45, 7) is 1.49. The second-order valence-corrected chi connectivity index (χ2v) is 6.79. The zero-order valence-electron chi connectivity index (χ0n) is 16.8. The highest BCUT2D eigenvalue weighted by Gasteiger charge is 2.07. The number of nitrogens with one attached hydrogen (secondary N) is 1. The molecule has 0 saturated carbocycles. The highest BCUT2D eigenvalue weighted by Crippen LogP contribution is 2.19. The lowest BCUT2D eigenvalue weighted by atomic mass is 10.1. The Hall–Kier alpha value is -4.13. The van der Waals surface area contributed by atoms with Crippen LogP contribution in [0.5, 0.6) is 11.5 Å². The molecule has 0 spiro atoms. The summed E-state index contributed by atoms with van der Waals surface area (Å²) in [5, 5.41) is 6.93. The Morgan fingerprint density at radius 2 is 1.71 bits per heavy atom. The van der Waals surface area contributed by atoms with E-state index in [2.05, 4.69) is 15.4 Å². The van der Waals surface area contributed by atoms with E-state index >= 15 is 0 Å². The molecule has 1 N–H and O–H groups in total. The molecule has 0 fully saturated rings. The zero-order valence-corrected chi connectivity index (χ0v) is 16.8. The first-order chi connectivity index (χ1) is 15.3. The van der Waals surface area contributed by atoms with E-state index in [1.807, 2.05) is 60.7 Å². The Bertz CT molecular complexity index is 1100. The zero-order chi connectivity index (χ0) is 21.3. The number of hydrogen-bond donors (Lipinski definition) is 1. The van der Waals surface area contributed by atoms with Crippen LogP contribution in [0.2, 0.25) is 0 Å². The predicted molar refractivity (Wildman–Crippen MR) is 117 cm³/mol. The number of nitrogens with zero attached hydrogens (tertiary/aromatic N) is 3. The molecule has 1 aromatic heterocycles. The molecule has 1 heterocycles. The van der Waals surface area contributed by atoms with Gasteiger partial charge in [-0.1, -0.05) is 36.4 Å². The van der Waals surface area contributed by atoms with Gasteiger partial charge in [-0.05, 0) is 42.0 Å². The van der Waals surface area contributed by atoms with Crippen molar-refractivity contribution >= 4 is 11.6 Å². The van der Waals surface area contributed by atoms with Gasteiger partial charge in [-0.3, -0.25) is 4.79 Å². The lowest BCUT2D eigenvalue weighted by Gasteiger charge is -2.10. The van der Waals surface area contributed by atoms with Crippen LogP contribution in [0.3, 0.4) is 0 Å². The fourth-order valence-corrected chi connectivity index (χ4v) is 2.91. The van der Waals surface area contributed by atoms with E-state index in [9.17, 15) is 4.79 Å². The molecule has 0 bridgehead atoms. The third kappa shape index (κ3) is 5.93. The maximum atomic E-state index is 12.6. The fourth-order valence-electron chi connectivity index (χ4n) is 2.91. The smallest absolute Gasteiger partial charge is 0.255 e. The van der Waals surface area contributed by atoms with Gasteiger partial charge in [0.15, 0.2) is 0 Å². The molecule has 0 radical (unpaired) electrons. The minimum atomic E-state index is -0.185. The standard InChI is InChI=1S/C24H22N4O3/c29-24(20-11-9-19(10-12-20)16-31-22-6-2-1-3-7-22)27-21-5-4-8-23(15-21)30-14-13-28-18-25-17-26-28/h1-12,15,17-18H,13-14,16H2,(H,27,29). The van der Waals surface area contributed by atoms with Gasteiger partial charge in [-0.2, -0.15) is 5.10 Å². The summed E-state index contributed by atoms with van der Waals surface area (Å²) in [5.41, 5.74) is 2.23. The molecular weight excluding hydrogens is 392 g/mol. The summed E-state index contributed by atoms with van der Waals surface area (Å²) in [4.78, 5) is 16.5. The van der Waals surface area contributed by atoms with E-state index in [0.717, 1.165) is 11.3 Å². The van der Waals surface area contributed by atoms with Crippen LogP contribution in [0.1, 0.15) is 15.9 Å². The monoisotopic (exact) mass is 414 g/mol. The van der Waals surface area contributed by atoms with Crippen LogP contribution in [0.15, 0.2) is 91.5 Å². The largest absolute Gasteiger partial charge is 0.492 e. The van der Waals surface area contributed by atoms with Crippen LogP contribution >= 0.6 is 0 Å². The molecule has 0 aliphatic heterocycles. The molecular formula is C24H22N4O3. The van der Waals surface area contributed by atoms with Crippen molar-refractivity contribution in [2.24, 2.45) is 0 Å². The van der Waals surface area contributed by atoms with Crippen LogP contribution in [-0.4, -0.2) is 27.3 Å². The molecule has 4 rings (SSSR count). The third-order valence-corrected chi connectivity index (χ3v) is 4.51. The third-order valence-electron chi connectivity index (χ3n) is 4.51. The maximum absolute atomic E-state index is 12.6. The predicted octanol–water partition coefficient (Wildman–Crippen LogP) is 4.19. The summed E-state index contributed by atoms with van der Waals surface area (Å²) in [5.74, 6) is 1.30. The van der Waals surface area contributed by atoms with Crippen molar-refractivity contribution < 1.29 is 14.3 Å². The van der Waals surface area contributed by atoms with Crippen molar-refractivity contribution in [2.75, 3.05) is 11.9 Å². The summed E-state index contributed by atoms with van der Waals surface area (Å²) in [6.07, 6.45) is 3.12. The van der Waals surface area contributed by atoms with Gasteiger partial charge in [0.2, 0.25) is 0 Å². The summed E-state index contributed by atoms with van der Waals surface area (Å²) >= 11 is 0. The molecule has 3 aromatic carbocycles. The number of amides is 1. The van der Waals surface area contributed by atoms with Crippen molar-refractivity contribution in [2.45, 2.75) is 13.2 Å². The summed E-state index contributed by atoms with van der Waals surface area (Å²) in [6, 6.07) is 24.3. The average Bonchev–Trinajstić information content (AvgIpc) is 3.33. The molecule has 0 aliphatic rings. The number of anilines is 1. The van der Waals surface area contributed by atoms with E-state index < -0.39 is 0 Å². The SMILES string of the molecule is O=C(Nc1cccc(OCCn2cncn2)c1)c1ccc(COc2ccccc2)cc1. The highest BCUT2D eigenvalue weighted by atomic mass is 16.5. The van der Waals surface area contributed by atoms with Gasteiger partial charge in [0.1, 0.15) is 37.4 Å². The van der Waals surface area contributed by atoms with Gasteiger partial charge in [0.25, 0.3) is 5.91 Å². The number of ether oxygens (including phenoxy) is 2. The Labute approximate surface area is 180 Å². The quantitative estimate of drug-likeness (QED) is 0.444. The second kappa shape index (κ2) is 10.1. The Morgan fingerprint density at radius 1 is 0.903 bits per heavy atom. The highest BCUT2D eigenvalue weighted by molar-refractivity contribution is 6.04. The molecule has 1 amide bonds. The molecule has 4 aromatic rings. The van der Waals surface area contributed by atoms with E-state index in [1.54, 1.807) is 29.2 Å². The molecule has 7 nitrogen and oxygen atoms in total. The van der Waals surface area contributed by atoms with Crippen LogP contribution in [0.25, 0.3) is 0 Å². The number of hydrogen-bond acceptors (Lipinski definition) is 5. The number of para-hydroxylation sites is 1. The van der Waals surface area contributed by atoms with Gasteiger partial charge in [-0.15, -0.1) is 0 Å².